The molecule has 0 aromatic heterocycles. The first kappa shape index (κ1) is 26.0. The van der Waals surface area contributed by atoms with Crippen molar-refractivity contribution in [2.75, 3.05) is 7.11 Å². The molecule has 0 saturated heterocycles. The van der Waals surface area contributed by atoms with Crippen molar-refractivity contribution in [1.82, 2.24) is 0 Å². The fraction of sp³-hybridized carbons (Fsp3) is 0.844. The van der Waals surface area contributed by atoms with Crippen LogP contribution in [0, 0.1) is 68.0 Å². The zero-order chi connectivity index (χ0) is 26.5. The van der Waals surface area contributed by atoms with Crippen LogP contribution in [0.5, 0.6) is 0 Å². The normalized spacial score (nSPS) is 48.8. The number of allylic oxidation sites excluding steroid dienone is 2. The molecule has 0 heterocycles. The predicted octanol–water partition coefficient (Wildman–Crippen LogP) is 7.28. The summed E-state index contributed by atoms with van der Waals surface area (Å²) >= 11 is 0. The fourth-order valence-electron chi connectivity index (χ4n) is 12.0. The number of nitriles is 1. The van der Waals surface area contributed by atoms with Crippen LogP contribution in [0.3, 0.4) is 0 Å². The predicted molar refractivity (Wildman–Crippen MR) is 141 cm³/mol. The molecule has 4 saturated carbocycles. The molecule has 0 spiro atoms. The molecule has 0 N–H and O–H groups in total. The van der Waals surface area contributed by atoms with E-state index in [2.05, 4.69) is 47.6 Å². The molecule has 36 heavy (non-hydrogen) atoms. The molecule has 5 rings (SSSR count). The van der Waals surface area contributed by atoms with Gasteiger partial charge in [0.25, 0.3) is 0 Å². The Morgan fingerprint density at radius 1 is 0.944 bits per heavy atom. The molecule has 5 aliphatic rings. The third-order valence-corrected chi connectivity index (χ3v) is 13.6. The van der Waals surface area contributed by atoms with Crippen LogP contribution < -0.4 is 0 Å². The minimum absolute atomic E-state index is 0.0347. The third kappa shape index (κ3) is 2.76. The molecule has 0 radical (unpaired) electrons. The van der Waals surface area contributed by atoms with Crippen molar-refractivity contribution >= 4 is 11.8 Å². The van der Waals surface area contributed by atoms with Gasteiger partial charge in [-0.15, -0.1) is 0 Å². The second-order valence-electron chi connectivity index (χ2n) is 14.4. The smallest absolute Gasteiger partial charge is 0.312 e. The van der Waals surface area contributed by atoms with Gasteiger partial charge in [-0.25, -0.2) is 0 Å². The number of esters is 1. The topological polar surface area (TPSA) is 67.2 Å². The van der Waals surface area contributed by atoms with Crippen LogP contribution in [0.25, 0.3) is 0 Å². The minimum atomic E-state index is -0.498. The van der Waals surface area contributed by atoms with Crippen molar-refractivity contribution in [3.8, 4) is 6.07 Å². The first-order valence-corrected chi connectivity index (χ1v) is 14.5. The highest BCUT2D eigenvalue weighted by molar-refractivity contribution is 5.84. The van der Waals surface area contributed by atoms with E-state index in [1.54, 1.807) is 6.92 Å². The summed E-state index contributed by atoms with van der Waals surface area (Å²) in [6.45, 7) is 16.2. The Kier molecular flexibility index (Phi) is 5.73. The van der Waals surface area contributed by atoms with Crippen LogP contribution in [-0.2, 0) is 14.3 Å². The maximum Gasteiger partial charge on any atom is 0.312 e. The number of ketones is 1. The number of carbonyl (C=O) groups excluding carboxylic acids is 2. The number of carbonyl (C=O) groups is 2. The van der Waals surface area contributed by atoms with E-state index >= 15 is 0 Å². The molecule has 9 atom stereocenters. The first-order valence-electron chi connectivity index (χ1n) is 14.5. The van der Waals surface area contributed by atoms with Gasteiger partial charge in [-0.2, -0.15) is 5.26 Å². The number of hydrogen-bond donors (Lipinski definition) is 0. The van der Waals surface area contributed by atoms with Crippen LogP contribution in [0.2, 0.25) is 0 Å². The van der Waals surface area contributed by atoms with E-state index < -0.39 is 5.41 Å². The number of fused-ring (bicyclic) bond motifs is 7. The lowest BCUT2D eigenvalue weighted by atomic mass is 9.34. The van der Waals surface area contributed by atoms with E-state index in [4.69, 9.17) is 4.74 Å². The number of nitrogens with zero attached hydrogens (tertiary/aromatic N) is 1. The highest BCUT2D eigenvalue weighted by Gasteiger charge is 2.73. The monoisotopic (exact) mass is 493 g/mol. The number of hydrogen-bond acceptors (Lipinski definition) is 4. The van der Waals surface area contributed by atoms with Crippen LogP contribution in [0.1, 0.15) is 106 Å². The van der Waals surface area contributed by atoms with Gasteiger partial charge in [0.15, 0.2) is 0 Å². The van der Waals surface area contributed by atoms with Crippen molar-refractivity contribution in [2.24, 2.45) is 56.7 Å². The Labute approximate surface area is 218 Å². The molecule has 0 aliphatic heterocycles. The van der Waals surface area contributed by atoms with E-state index in [1.807, 2.05) is 0 Å². The third-order valence-electron chi connectivity index (χ3n) is 13.6. The molecule has 0 bridgehead atoms. The lowest BCUT2D eigenvalue weighted by Crippen LogP contribution is -2.65. The van der Waals surface area contributed by atoms with E-state index in [1.165, 1.54) is 19.1 Å². The van der Waals surface area contributed by atoms with E-state index in [0.29, 0.717) is 17.8 Å². The molecule has 0 amide bonds. The number of ether oxygens (including phenoxy) is 1. The second-order valence-corrected chi connectivity index (χ2v) is 14.4. The maximum atomic E-state index is 13.3. The maximum absolute atomic E-state index is 13.3. The van der Waals surface area contributed by atoms with E-state index in [-0.39, 0.29) is 45.2 Å². The van der Waals surface area contributed by atoms with Gasteiger partial charge in [-0.1, -0.05) is 47.1 Å². The highest BCUT2D eigenvalue weighted by atomic mass is 16.5. The average molecular weight is 494 g/mol. The number of methoxy groups -OCH3 is 1. The zero-order valence-corrected chi connectivity index (χ0v) is 23.9. The first-order chi connectivity index (χ1) is 16.8. The van der Waals surface area contributed by atoms with Gasteiger partial charge in [0.2, 0.25) is 0 Å². The molecular weight excluding hydrogens is 446 g/mol. The molecule has 4 nitrogen and oxygen atoms in total. The van der Waals surface area contributed by atoms with Crippen molar-refractivity contribution in [3.05, 3.63) is 11.1 Å². The molecule has 4 fully saturated rings. The van der Waals surface area contributed by atoms with Crippen molar-refractivity contribution in [3.63, 3.8) is 0 Å². The lowest BCUT2D eigenvalue weighted by molar-refractivity contribution is -0.219. The van der Waals surface area contributed by atoms with Crippen LogP contribution in [0.15, 0.2) is 11.1 Å². The van der Waals surface area contributed by atoms with Crippen molar-refractivity contribution < 1.29 is 14.3 Å². The molecule has 198 valence electrons. The minimum Gasteiger partial charge on any atom is -0.469 e. The summed E-state index contributed by atoms with van der Waals surface area (Å²) in [5.41, 5.74) is 2.05. The van der Waals surface area contributed by atoms with Gasteiger partial charge in [-0.05, 0) is 105 Å². The number of rotatable bonds is 3. The summed E-state index contributed by atoms with van der Waals surface area (Å²) in [4.78, 5) is 26.3. The van der Waals surface area contributed by atoms with Gasteiger partial charge in [0.1, 0.15) is 5.78 Å². The molecule has 0 aromatic carbocycles. The van der Waals surface area contributed by atoms with Crippen molar-refractivity contribution in [1.29, 1.82) is 5.26 Å². The zero-order valence-electron chi connectivity index (χ0n) is 23.9. The summed E-state index contributed by atoms with van der Waals surface area (Å²) < 4.78 is 5.42. The fourth-order valence-corrected chi connectivity index (χ4v) is 12.0. The second kappa shape index (κ2) is 7.94. The number of Topliss-reactive ketones (excluding diaryl/α,β-unsaturated/α-hetero) is 1. The van der Waals surface area contributed by atoms with Gasteiger partial charge in [0, 0.05) is 16.9 Å². The summed E-state index contributed by atoms with van der Waals surface area (Å²) in [5.74, 6) is 1.51. The largest absolute Gasteiger partial charge is 0.469 e. The molecule has 5 aliphatic carbocycles. The Morgan fingerprint density at radius 2 is 1.64 bits per heavy atom. The SMILES string of the molecule is CCC1=C(C#N)[C@@]2(C)C(CC[C@]3(C)C2CCC2C4[C@H](C(C)=O)CCC4(C(=O)OC)CC[C@]23C)C1(C)C. The molecule has 0 aromatic rings. The van der Waals surface area contributed by atoms with Crippen LogP contribution in [-0.4, -0.2) is 18.9 Å². The summed E-state index contributed by atoms with van der Waals surface area (Å²) in [7, 11) is 1.52. The average Bonchev–Trinajstić information content (AvgIpc) is 3.30. The van der Waals surface area contributed by atoms with Gasteiger partial charge in [0.05, 0.1) is 18.6 Å². The molecule has 5 unspecified atom stereocenters. The van der Waals surface area contributed by atoms with Crippen LogP contribution >= 0.6 is 0 Å². The summed E-state index contributed by atoms with van der Waals surface area (Å²) in [6.07, 6.45) is 8.85. The Bertz CT molecular complexity index is 1070. The van der Waals surface area contributed by atoms with Gasteiger partial charge < -0.3 is 4.74 Å². The van der Waals surface area contributed by atoms with Crippen molar-refractivity contribution in [2.45, 2.75) is 106 Å². The van der Waals surface area contributed by atoms with E-state index in [9.17, 15) is 14.9 Å². The lowest BCUT2D eigenvalue weighted by Gasteiger charge is -2.70. The molecule has 4 heteroatoms. The Morgan fingerprint density at radius 3 is 2.22 bits per heavy atom. The van der Waals surface area contributed by atoms with Gasteiger partial charge in [-0.3, -0.25) is 9.59 Å². The van der Waals surface area contributed by atoms with Gasteiger partial charge >= 0.3 is 5.97 Å². The highest BCUT2D eigenvalue weighted by Crippen LogP contribution is 2.78. The molecular formula is C32H47NO3. The Hall–Kier alpha value is -1.63. The summed E-state index contributed by atoms with van der Waals surface area (Å²) in [5, 5.41) is 10.5. The summed E-state index contributed by atoms with van der Waals surface area (Å²) in [6, 6.07) is 2.76. The quantitative estimate of drug-likeness (QED) is 0.387. The van der Waals surface area contributed by atoms with E-state index in [0.717, 1.165) is 56.9 Å². The van der Waals surface area contributed by atoms with Crippen LogP contribution in [0.4, 0.5) is 0 Å². The standard InChI is InChI=1S/C32H47NO3/c1-9-21-23(18-33)31(7)24(28(21,3)4)13-14-30(6)25(31)11-10-22-26-20(19(2)34)12-15-32(26,27(35)36-8)17-16-29(22,30)5/h20,22,24-26H,9-17H2,1-8H3/t20-,22?,24?,25?,26?,29+,30+,31-,32?/m0/s1. The Balaban J connectivity index is 1.63.